The number of benzene rings is 1. The van der Waals surface area contributed by atoms with Gasteiger partial charge in [0.1, 0.15) is 0 Å². The summed E-state index contributed by atoms with van der Waals surface area (Å²) >= 11 is 0. The van der Waals surface area contributed by atoms with Gasteiger partial charge < -0.3 is 0 Å². The summed E-state index contributed by atoms with van der Waals surface area (Å²) in [5, 5.41) is 0. The molecule has 1 aromatic carbocycles. The molecule has 1 aromatic rings. The van der Waals surface area contributed by atoms with Crippen molar-refractivity contribution in [3.63, 3.8) is 0 Å². The molecule has 1 rings (SSSR count). The van der Waals surface area contributed by atoms with Gasteiger partial charge in [-0.15, -0.1) is 0 Å². The first-order valence-electron chi connectivity index (χ1n) is 5.01. The molecule has 0 heteroatoms. The lowest BCUT2D eigenvalue weighted by Gasteiger charge is -2.11. The van der Waals surface area contributed by atoms with E-state index < -0.39 is 0 Å². The molecule has 1 atom stereocenters. The molecular weight excluding hydrogens is 156 g/mol. The Morgan fingerprint density at radius 1 is 1.31 bits per heavy atom. The van der Waals surface area contributed by atoms with E-state index in [2.05, 4.69) is 57.2 Å². The zero-order valence-electron chi connectivity index (χ0n) is 8.75. The van der Waals surface area contributed by atoms with E-state index in [0.29, 0.717) is 5.92 Å². The lowest BCUT2D eigenvalue weighted by molar-refractivity contribution is 0.732. The molecule has 0 saturated carbocycles. The quantitative estimate of drug-likeness (QED) is 0.643. The average Bonchev–Trinajstić information content (AvgIpc) is 2.18. The number of hydrogen-bond donors (Lipinski definition) is 0. The maximum Gasteiger partial charge on any atom is -0.0187 e. The van der Waals surface area contributed by atoms with Crippen LogP contribution in [0.1, 0.15) is 44.2 Å². The third-order valence-corrected chi connectivity index (χ3v) is 2.49. The van der Waals surface area contributed by atoms with Crippen molar-refractivity contribution in [3.8, 4) is 0 Å². The van der Waals surface area contributed by atoms with E-state index in [1.807, 2.05) is 0 Å². The second-order valence-corrected chi connectivity index (χ2v) is 3.44. The molecule has 0 aliphatic heterocycles. The van der Waals surface area contributed by atoms with Crippen molar-refractivity contribution < 1.29 is 0 Å². The van der Waals surface area contributed by atoms with E-state index in [0.717, 1.165) is 0 Å². The zero-order valence-corrected chi connectivity index (χ0v) is 8.75. The molecule has 0 aromatic heterocycles. The monoisotopic (exact) mass is 174 g/mol. The molecule has 0 heterocycles. The molecule has 0 N–H and O–H groups in total. The minimum atomic E-state index is 0.660. The molecule has 0 bridgehead atoms. The van der Waals surface area contributed by atoms with Crippen LogP contribution in [-0.4, -0.2) is 0 Å². The molecule has 0 aliphatic carbocycles. The maximum atomic E-state index is 2.28. The predicted molar refractivity (Wildman–Crippen MR) is 59.9 cm³/mol. The Morgan fingerprint density at radius 3 is 2.62 bits per heavy atom. The van der Waals surface area contributed by atoms with Crippen molar-refractivity contribution in [2.45, 2.75) is 33.1 Å². The SMILES string of the molecule is CC=Cc1ccccc1C(C)CC. The highest BCUT2D eigenvalue weighted by Crippen LogP contribution is 2.23. The highest BCUT2D eigenvalue weighted by atomic mass is 14.1. The first-order chi connectivity index (χ1) is 6.29. The summed E-state index contributed by atoms with van der Waals surface area (Å²) in [6, 6.07) is 8.63. The molecule has 0 fully saturated rings. The topological polar surface area (TPSA) is 0 Å². The second-order valence-electron chi connectivity index (χ2n) is 3.44. The third kappa shape index (κ3) is 2.45. The van der Waals surface area contributed by atoms with Gasteiger partial charge in [-0.1, -0.05) is 50.3 Å². The van der Waals surface area contributed by atoms with Crippen molar-refractivity contribution in [1.82, 2.24) is 0 Å². The summed E-state index contributed by atoms with van der Waals surface area (Å²) < 4.78 is 0. The molecule has 0 amide bonds. The van der Waals surface area contributed by atoms with Crippen molar-refractivity contribution in [1.29, 1.82) is 0 Å². The van der Waals surface area contributed by atoms with Gasteiger partial charge >= 0.3 is 0 Å². The van der Waals surface area contributed by atoms with Crippen molar-refractivity contribution in [3.05, 3.63) is 41.5 Å². The van der Waals surface area contributed by atoms with Gasteiger partial charge in [0.15, 0.2) is 0 Å². The van der Waals surface area contributed by atoms with E-state index in [9.17, 15) is 0 Å². The Morgan fingerprint density at radius 2 is 2.00 bits per heavy atom. The van der Waals surface area contributed by atoms with Crippen molar-refractivity contribution in [2.75, 3.05) is 0 Å². The van der Waals surface area contributed by atoms with Crippen LogP contribution in [0.25, 0.3) is 6.08 Å². The highest BCUT2D eigenvalue weighted by Gasteiger charge is 2.05. The summed E-state index contributed by atoms with van der Waals surface area (Å²) in [4.78, 5) is 0. The molecule has 70 valence electrons. The van der Waals surface area contributed by atoms with Crippen molar-refractivity contribution in [2.24, 2.45) is 0 Å². The summed E-state index contributed by atoms with van der Waals surface area (Å²) in [6.45, 7) is 6.58. The van der Waals surface area contributed by atoms with Crippen LogP contribution in [0.2, 0.25) is 0 Å². The lowest BCUT2D eigenvalue weighted by atomic mass is 9.93. The van der Waals surface area contributed by atoms with Gasteiger partial charge in [0, 0.05) is 0 Å². The van der Waals surface area contributed by atoms with Crippen LogP contribution in [0.5, 0.6) is 0 Å². The van der Waals surface area contributed by atoms with Crippen LogP contribution in [0.3, 0.4) is 0 Å². The molecule has 0 radical (unpaired) electrons. The maximum absolute atomic E-state index is 2.28. The molecule has 0 aliphatic rings. The molecule has 1 unspecified atom stereocenters. The molecule has 0 saturated heterocycles. The van der Waals surface area contributed by atoms with E-state index in [-0.39, 0.29) is 0 Å². The van der Waals surface area contributed by atoms with Gasteiger partial charge in [-0.2, -0.15) is 0 Å². The standard InChI is InChI=1S/C13H18/c1-4-8-12-9-6-7-10-13(12)11(3)5-2/h4,6-11H,5H2,1-3H3. The zero-order chi connectivity index (χ0) is 9.68. The summed E-state index contributed by atoms with van der Waals surface area (Å²) in [5.74, 6) is 0.660. The fraction of sp³-hybridized carbons (Fsp3) is 0.385. The summed E-state index contributed by atoms with van der Waals surface area (Å²) in [5.41, 5.74) is 2.82. The Bertz CT molecular complexity index is 284. The average molecular weight is 174 g/mol. The fourth-order valence-electron chi connectivity index (χ4n) is 1.51. The van der Waals surface area contributed by atoms with Crippen LogP contribution < -0.4 is 0 Å². The Kier molecular flexibility index (Phi) is 3.75. The Hall–Kier alpha value is -1.04. The second kappa shape index (κ2) is 4.86. The Balaban J connectivity index is 3.04. The van der Waals surface area contributed by atoms with Gasteiger partial charge in [-0.25, -0.2) is 0 Å². The van der Waals surface area contributed by atoms with Crippen LogP contribution >= 0.6 is 0 Å². The van der Waals surface area contributed by atoms with Crippen LogP contribution in [0.4, 0.5) is 0 Å². The van der Waals surface area contributed by atoms with Gasteiger partial charge in [0.05, 0.1) is 0 Å². The molecule has 13 heavy (non-hydrogen) atoms. The largest absolute Gasteiger partial charge is 0.0871 e. The Labute approximate surface area is 81.3 Å². The normalized spacial score (nSPS) is 13.5. The van der Waals surface area contributed by atoms with E-state index >= 15 is 0 Å². The highest BCUT2D eigenvalue weighted by molar-refractivity contribution is 5.54. The molecule has 0 spiro atoms. The first kappa shape index (κ1) is 10.0. The summed E-state index contributed by atoms with van der Waals surface area (Å²) in [7, 11) is 0. The smallest absolute Gasteiger partial charge is 0.0187 e. The minimum absolute atomic E-state index is 0.660. The van der Waals surface area contributed by atoms with Gasteiger partial charge in [-0.3, -0.25) is 0 Å². The summed E-state index contributed by atoms with van der Waals surface area (Å²) in [6.07, 6.45) is 5.48. The number of rotatable bonds is 3. The first-order valence-corrected chi connectivity index (χ1v) is 5.01. The third-order valence-electron chi connectivity index (χ3n) is 2.49. The molecule has 0 nitrogen and oxygen atoms in total. The van der Waals surface area contributed by atoms with E-state index in [1.54, 1.807) is 0 Å². The fourth-order valence-corrected chi connectivity index (χ4v) is 1.51. The van der Waals surface area contributed by atoms with Crippen molar-refractivity contribution >= 4 is 6.08 Å². The van der Waals surface area contributed by atoms with Gasteiger partial charge in [-0.05, 0) is 30.4 Å². The van der Waals surface area contributed by atoms with Gasteiger partial charge in [0.2, 0.25) is 0 Å². The number of allylic oxidation sites excluding steroid dienone is 1. The molecular formula is C13H18. The van der Waals surface area contributed by atoms with E-state index in [1.165, 1.54) is 17.5 Å². The minimum Gasteiger partial charge on any atom is -0.0871 e. The van der Waals surface area contributed by atoms with Crippen LogP contribution in [0, 0.1) is 0 Å². The van der Waals surface area contributed by atoms with Gasteiger partial charge in [0.25, 0.3) is 0 Å². The predicted octanol–water partition coefficient (Wildman–Crippen LogP) is 4.23. The van der Waals surface area contributed by atoms with Crippen LogP contribution in [0.15, 0.2) is 30.3 Å². The van der Waals surface area contributed by atoms with E-state index in [4.69, 9.17) is 0 Å². The van der Waals surface area contributed by atoms with Crippen LogP contribution in [-0.2, 0) is 0 Å². The lowest BCUT2D eigenvalue weighted by Crippen LogP contribution is -1.93. The number of hydrogen-bond acceptors (Lipinski definition) is 0.